The number of hydrogen-bond acceptors (Lipinski definition) is 2. The van der Waals surface area contributed by atoms with Gasteiger partial charge in [0.2, 0.25) is 0 Å². The Hall–Kier alpha value is 0.460. The second kappa shape index (κ2) is 4.63. The van der Waals surface area contributed by atoms with E-state index in [1.54, 1.807) is 0 Å². The second-order valence-corrected chi connectivity index (χ2v) is 11.5. The largest absolute Gasteiger partial charge is 0.324 e. The molecule has 74 valence electrons. The van der Waals surface area contributed by atoms with E-state index < -0.39 is 14.3 Å². The maximum Gasteiger partial charge on any atom is 0.0819 e. The highest BCUT2D eigenvalue weighted by Crippen LogP contribution is 2.40. The van der Waals surface area contributed by atoms with Crippen LogP contribution in [0.1, 0.15) is 12.8 Å². The molecule has 0 aromatic heterocycles. The first kappa shape index (κ1) is 12.5. The van der Waals surface area contributed by atoms with E-state index in [9.17, 15) is 9.13 Å². The average molecular weight is 210 g/mol. The molecule has 0 aromatic rings. The minimum atomic E-state index is -1.84. The molecule has 0 bridgehead atoms. The number of rotatable bonds is 5. The molecule has 4 heteroatoms. The molecular weight excluding hydrogens is 190 g/mol. The van der Waals surface area contributed by atoms with E-state index in [0.29, 0.717) is 0 Å². The summed E-state index contributed by atoms with van der Waals surface area (Å²) < 4.78 is 22.5. The van der Waals surface area contributed by atoms with Crippen molar-refractivity contribution in [2.75, 3.05) is 39.0 Å². The SMILES string of the molecule is CP(C)(=O)CCCCP(C)(C)=O. The normalized spacial score (nSPS) is 13.3. The Balaban J connectivity index is 3.48. The van der Waals surface area contributed by atoms with E-state index in [1.165, 1.54) is 0 Å². The highest BCUT2D eigenvalue weighted by molar-refractivity contribution is 7.62. The maximum atomic E-state index is 11.3. The summed E-state index contributed by atoms with van der Waals surface area (Å²) in [7, 11) is -3.67. The van der Waals surface area contributed by atoms with Crippen LogP contribution in [0.3, 0.4) is 0 Å². The molecule has 0 rings (SSSR count). The molecule has 0 saturated carbocycles. The molecule has 0 unspecified atom stereocenters. The van der Waals surface area contributed by atoms with Crippen molar-refractivity contribution in [3.05, 3.63) is 0 Å². The van der Waals surface area contributed by atoms with Crippen LogP contribution in [-0.4, -0.2) is 39.0 Å². The third-order valence-electron chi connectivity index (χ3n) is 1.64. The number of unbranched alkanes of at least 4 members (excludes halogenated alkanes) is 1. The Bertz CT molecular complexity index is 187. The lowest BCUT2D eigenvalue weighted by molar-refractivity contribution is 0.575. The molecule has 0 aliphatic rings. The Labute approximate surface area is 75.9 Å². The van der Waals surface area contributed by atoms with Crippen molar-refractivity contribution in [3.63, 3.8) is 0 Å². The van der Waals surface area contributed by atoms with E-state index >= 15 is 0 Å². The molecule has 0 aliphatic carbocycles. The van der Waals surface area contributed by atoms with E-state index in [-0.39, 0.29) is 0 Å². The first-order chi connectivity index (χ1) is 5.21. The van der Waals surface area contributed by atoms with Crippen LogP contribution in [0.5, 0.6) is 0 Å². The predicted octanol–water partition coefficient (Wildman–Crippen LogP) is 3.01. The molecule has 0 aromatic carbocycles. The third kappa shape index (κ3) is 10.5. The van der Waals surface area contributed by atoms with Gasteiger partial charge in [-0.05, 0) is 39.5 Å². The second-order valence-electron chi connectivity index (χ2n) is 4.30. The van der Waals surface area contributed by atoms with E-state index in [0.717, 1.165) is 25.2 Å². The highest BCUT2D eigenvalue weighted by Gasteiger charge is 2.09. The molecule has 2 nitrogen and oxygen atoms in total. The van der Waals surface area contributed by atoms with Crippen molar-refractivity contribution in [1.82, 2.24) is 0 Å². The van der Waals surface area contributed by atoms with Crippen LogP contribution in [0, 0.1) is 0 Å². The number of hydrogen-bond donors (Lipinski definition) is 0. The molecule has 0 saturated heterocycles. The van der Waals surface area contributed by atoms with Crippen molar-refractivity contribution < 1.29 is 9.13 Å². The van der Waals surface area contributed by atoms with Gasteiger partial charge in [-0.15, -0.1) is 0 Å². The van der Waals surface area contributed by atoms with Gasteiger partial charge in [-0.1, -0.05) is 0 Å². The van der Waals surface area contributed by atoms with Crippen LogP contribution < -0.4 is 0 Å². The first-order valence-electron chi connectivity index (χ1n) is 4.29. The smallest absolute Gasteiger partial charge is 0.0819 e. The van der Waals surface area contributed by atoms with Crippen molar-refractivity contribution in [1.29, 1.82) is 0 Å². The van der Waals surface area contributed by atoms with Gasteiger partial charge in [0.05, 0.1) is 14.3 Å². The monoisotopic (exact) mass is 210 g/mol. The van der Waals surface area contributed by atoms with Crippen LogP contribution in [0.4, 0.5) is 0 Å². The fourth-order valence-electron chi connectivity index (χ4n) is 0.985. The predicted molar refractivity (Wildman–Crippen MR) is 57.9 cm³/mol. The summed E-state index contributed by atoms with van der Waals surface area (Å²) >= 11 is 0. The molecule has 0 N–H and O–H groups in total. The Kier molecular flexibility index (Phi) is 4.81. The molecule has 0 amide bonds. The maximum absolute atomic E-state index is 11.3. The van der Waals surface area contributed by atoms with E-state index in [1.807, 2.05) is 26.7 Å². The summed E-state index contributed by atoms with van der Waals surface area (Å²) in [5, 5.41) is 0. The lowest BCUT2D eigenvalue weighted by Gasteiger charge is -2.08. The standard InChI is InChI=1S/C8H20O2P2/c1-11(2,9)7-5-6-8-12(3,4)10/h5-8H2,1-4H3. The minimum Gasteiger partial charge on any atom is -0.324 e. The van der Waals surface area contributed by atoms with Crippen LogP contribution in [0.2, 0.25) is 0 Å². The molecule has 0 radical (unpaired) electrons. The van der Waals surface area contributed by atoms with Crippen molar-refractivity contribution in [2.45, 2.75) is 12.8 Å². The highest BCUT2D eigenvalue weighted by atomic mass is 31.2. The average Bonchev–Trinajstić information content (AvgIpc) is 1.76. The summed E-state index contributed by atoms with van der Waals surface area (Å²) in [6, 6.07) is 0. The third-order valence-corrected chi connectivity index (χ3v) is 4.43. The van der Waals surface area contributed by atoms with Gasteiger partial charge in [0.15, 0.2) is 0 Å². The Morgan fingerprint density at radius 2 is 1.00 bits per heavy atom. The van der Waals surface area contributed by atoms with Crippen molar-refractivity contribution in [2.24, 2.45) is 0 Å². The molecule has 0 aliphatic heterocycles. The van der Waals surface area contributed by atoms with Crippen LogP contribution >= 0.6 is 14.3 Å². The van der Waals surface area contributed by atoms with Gasteiger partial charge in [-0.2, -0.15) is 0 Å². The van der Waals surface area contributed by atoms with Crippen molar-refractivity contribution in [3.8, 4) is 0 Å². The minimum absolute atomic E-state index is 0.799. The van der Waals surface area contributed by atoms with Crippen molar-refractivity contribution >= 4 is 14.3 Å². The summed E-state index contributed by atoms with van der Waals surface area (Å²) in [6.45, 7) is 7.24. The Morgan fingerprint density at radius 1 is 0.750 bits per heavy atom. The zero-order valence-corrected chi connectivity index (χ0v) is 10.3. The van der Waals surface area contributed by atoms with Gasteiger partial charge >= 0.3 is 0 Å². The topological polar surface area (TPSA) is 34.1 Å². The molecular formula is C8H20O2P2. The summed E-state index contributed by atoms with van der Waals surface area (Å²) in [5.74, 6) is 0. The fourth-order valence-corrected chi connectivity index (χ4v) is 2.96. The van der Waals surface area contributed by atoms with E-state index in [2.05, 4.69) is 0 Å². The molecule has 0 spiro atoms. The quantitative estimate of drug-likeness (QED) is 0.516. The molecule has 0 heterocycles. The van der Waals surface area contributed by atoms with E-state index in [4.69, 9.17) is 0 Å². The zero-order chi connectivity index (χ0) is 9.83. The lowest BCUT2D eigenvalue weighted by atomic mass is 10.4. The van der Waals surface area contributed by atoms with Gasteiger partial charge in [0.25, 0.3) is 0 Å². The fraction of sp³-hybridized carbons (Fsp3) is 1.00. The van der Waals surface area contributed by atoms with Crippen LogP contribution in [-0.2, 0) is 9.13 Å². The summed E-state index contributed by atoms with van der Waals surface area (Å²) in [4.78, 5) is 0. The van der Waals surface area contributed by atoms with Gasteiger partial charge in [0, 0.05) is 12.3 Å². The van der Waals surface area contributed by atoms with Crippen LogP contribution in [0.25, 0.3) is 0 Å². The molecule has 0 atom stereocenters. The lowest BCUT2D eigenvalue weighted by Crippen LogP contribution is -1.91. The van der Waals surface area contributed by atoms with Gasteiger partial charge in [-0.3, -0.25) is 0 Å². The summed E-state index contributed by atoms with van der Waals surface area (Å²) in [6.07, 6.45) is 3.51. The molecule has 0 fully saturated rings. The van der Waals surface area contributed by atoms with Gasteiger partial charge < -0.3 is 9.13 Å². The first-order valence-corrected chi connectivity index (χ1v) is 9.86. The van der Waals surface area contributed by atoms with Crippen LogP contribution in [0.15, 0.2) is 0 Å². The Morgan fingerprint density at radius 3 is 1.17 bits per heavy atom. The summed E-state index contributed by atoms with van der Waals surface area (Å²) in [5.41, 5.74) is 0. The zero-order valence-electron chi connectivity index (χ0n) is 8.54. The molecule has 12 heavy (non-hydrogen) atoms. The van der Waals surface area contributed by atoms with Gasteiger partial charge in [-0.25, -0.2) is 0 Å². The van der Waals surface area contributed by atoms with Gasteiger partial charge in [0.1, 0.15) is 0 Å².